The number of amides is 1. The highest BCUT2D eigenvalue weighted by Crippen LogP contribution is 2.33. The maximum atomic E-state index is 12.5. The number of rotatable bonds is 5. The average Bonchev–Trinajstić information content (AvgIpc) is 3.16. The maximum Gasteiger partial charge on any atom is 0.265 e. The molecule has 0 radical (unpaired) electrons. The summed E-state index contributed by atoms with van der Waals surface area (Å²) in [4.78, 5) is 21.2. The van der Waals surface area contributed by atoms with E-state index in [0.29, 0.717) is 24.6 Å². The third-order valence-electron chi connectivity index (χ3n) is 4.36. The minimum Gasteiger partial charge on any atom is -0.482 e. The SMILES string of the molecule is CC1Oc2ccccc2OC1C(=O)NCCn1ccnc1-c1ccccn1. The van der Waals surface area contributed by atoms with E-state index in [1.165, 1.54) is 0 Å². The lowest BCUT2D eigenvalue weighted by atomic mass is 10.1. The Balaban J connectivity index is 1.36. The summed E-state index contributed by atoms with van der Waals surface area (Å²) in [5.74, 6) is 1.82. The molecule has 3 heterocycles. The molecule has 0 spiro atoms. The van der Waals surface area contributed by atoms with Crippen molar-refractivity contribution in [2.24, 2.45) is 0 Å². The predicted molar refractivity (Wildman–Crippen MR) is 99.4 cm³/mol. The molecule has 1 amide bonds. The van der Waals surface area contributed by atoms with Crippen LogP contribution in [0.15, 0.2) is 61.1 Å². The first kappa shape index (κ1) is 17.1. The van der Waals surface area contributed by atoms with Crippen LogP contribution < -0.4 is 14.8 Å². The topological polar surface area (TPSA) is 78.3 Å². The van der Waals surface area contributed by atoms with Gasteiger partial charge in [-0.3, -0.25) is 9.78 Å². The Labute approximate surface area is 157 Å². The molecule has 138 valence electrons. The number of benzene rings is 1. The average molecular weight is 364 g/mol. The van der Waals surface area contributed by atoms with Crippen LogP contribution in [0.5, 0.6) is 11.5 Å². The summed E-state index contributed by atoms with van der Waals surface area (Å²) in [6.07, 6.45) is 4.28. The van der Waals surface area contributed by atoms with Crippen molar-refractivity contribution in [3.8, 4) is 23.0 Å². The maximum absolute atomic E-state index is 12.5. The number of nitrogens with zero attached hydrogens (tertiary/aromatic N) is 3. The van der Waals surface area contributed by atoms with Crippen molar-refractivity contribution in [3.05, 3.63) is 61.1 Å². The molecule has 1 aliphatic rings. The Kier molecular flexibility index (Phi) is 4.74. The lowest BCUT2D eigenvalue weighted by molar-refractivity contribution is -0.133. The molecule has 7 nitrogen and oxygen atoms in total. The Hall–Kier alpha value is -3.35. The molecule has 2 aromatic heterocycles. The Morgan fingerprint density at radius 3 is 2.63 bits per heavy atom. The van der Waals surface area contributed by atoms with Gasteiger partial charge < -0.3 is 19.4 Å². The Morgan fingerprint density at radius 1 is 1.07 bits per heavy atom. The fourth-order valence-electron chi connectivity index (χ4n) is 3.02. The van der Waals surface area contributed by atoms with Gasteiger partial charge in [-0.25, -0.2) is 4.98 Å². The van der Waals surface area contributed by atoms with Gasteiger partial charge in [-0.05, 0) is 31.2 Å². The molecule has 0 aliphatic carbocycles. The number of carbonyl (C=O) groups is 1. The van der Waals surface area contributed by atoms with Gasteiger partial charge in [0, 0.05) is 31.7 Å². The van der Waals surface area contributed by atoms with Crippen molar-refractivity contribution >= 4 is 5.91 Å². The summed E-state index contributed by atoms with van der Waals surface area (Å²) in [5, 5.41) is 2.92. The molecule has 4 rings (SSSR count). The van der Waals surface area contributed by atoms with Gasteiger partial charge in [0.25, 0.3) is 5.91 Å². The molecule has 0 saturated heterocycles. The van der Waals surface area contributed by atoms with Crippen LogP contribution in [-0.2, 0) is 11.3 Å². The highest BCUT2D eigenvalue weighted by molar-refractivity contribution is 5.82. The Bertz CT molecular complexity index is 926. The normalized spacial score (nSPS) is 18.1. The Morgan fingerprint density at radius 2 is 1.85 bits per heavy atom. The zero-order valence-corrected chi connectivity index (χ0v) is 14.9. The second-order valence-electron chi connectivity index (χ2n) is 6.26. The van der Waals surface area contributed by atoms with Crippen molar-refractivity contribution < 1.29 is 14.3 Å². The van der Waals surface area contributed by atoms with Crippen LogP contribution in [0.25, 0.3) is 11.5 Å². The van der Waals surface area contributed by atoms with E-state index in [4.69, 9.17) is 9.47 Å². The van der Waals surface area contributed by atoms with E-state index in [-0.39, 0.29) is 12.0 Å². The van der Waals surface area contributed by atoms with E-state index in [2.05, 4.69) is 15.3 Å². The van der Waals surface area contributed by atoms with Gasteiger partial charge in [0.2, 0.25) is 6.10 Å². The number of hydrogen-bond donors (Lipinski definition) is 1. The van der Waals surface area contributed by atoms with Crippen molar-refractivity contribution in [3.63, 3.8) is 0 Å². The number of fused-ring (bicyclic) bond motifs is 1. The molecule has 3 aromatic rings. The van der Waals surface area contributed by atoms with Gasteiger partial charge in [0.15, 0.2) is 17.3 Å². The van der Waals surface area contributed by atoms with Gasteiger partial charge in [-0.1, -0.05) is 18.2 Å². The molecule has 7 heteroatoms. The quantitative estimate of drug-likeness (QED) is 0.752. The molecule has 2 atom stereocenters. The lowest BCUT2D eigenvalue weighted by Crippen LogP contribution is -2.49. The minimum atomic E-state index is -0.682. The fourth-order valence-corrected chi connectivity index (χ4v) is 3.02. The molecule has 1 N–H and O–H groups in total. The van der Waals surface area contributed by atoms with Crippen LogP contribution in [0.2, 0.25) is 0 Å². The van der Waals surface area contributed by atoms with E-state index >= 15 is 0 Å². The van der Waals surface area contributed by atoms with Gasteiger partial charge in [-0.2, -0.15) is 0 Å². The molecule has 1 aromatic carbocycles. The van der Waals surface area contributed by atoms with E-state index in [1.807, 2.05) is 54.1 Å². The van der Waals surface area contributed by atoms with E-state index in [9.17, 15) is 4.79 Å². The predicted octanol–water partition coefficient (Wildman–Crippen LogP) is 2.29. The van der Waals surface area contributed by atoms with Gasteiger partial charge >= 0.3 is 0 Å². The number of ether oxygens (including phenoxy) is 2. The number of para-hydroxylation sites is 2. The third-order valence-corrected chi connectivity index (χ3v) is 4.36. The van der Waals surface area contributed by atoms with Crippen molar-refractivity contribution in [1.82, 2.24) is 19.9 Å². The highest BCUT2D eigenvalue weighted by atomic mass is 16.6. The van der Waals surface area contributed by atoms with Crippen LogP contribution in [-0.4, -0.2) is 39.2 Å². The van der Waals surface area contributed by atoms with Crippen molar-refractivity contribution in [2.75, 3.05) is 6.54 Å². The van der Waals surface area contributed by atoms with Crippen molar-refractivity contribution in [2.45, 2.75) is 25.7 Å². The molecule has 0 bridgehead atoms. The number of aromatic nitrogens is 3. The summed E-state index contributed by atoms with van der Waals surface area (Å²) < 4.78 is 13.6. The summed E-state index contributed by atoms with van der Waals surface area (Å²) in [6, 6.07) is 13.0. The summed E-state index contributed by atoms with van der Waals surface area (Å²) in [7, 11) is 0. The number of pyridine rings is 1. The zero-order chi connectivity index (χ0) is 18.6. The second kappa shape index (κ2) is 7.49. The first-order chi connectivity index (χ1) is 13.2. The fraction of sp³-hybridized carbons (Fsp3) is 0.250. The first-order valence-corrected chi connectivity index (χ1v) is 8.85. The van der Waals surface area contributed by atoms with E-state index in [0.717, 1.165) is 11.5 Å². The largest absolute Gasteiger partial charge is 0.482 e. The second-order valence-corrected chi connectivity index (χ2v) is 6.26. The van der Waals surface area contributed by atoms with E-state index in [1.54, 1.807) is 18.5 Å². The smallest absolute Gasteiger partial charge is 0.265 e. The zero-order valence-electron chi connectivity index (χ0n) is 14.9. The van der Waals surface area contributed by atoms with Gasteiger partial charge in [-0.15, -0.1) is 0 Å². The molecular weight excluding hydrogens is 344 g/mol. The van der Waals surface area contributed by atoms with Crippen LogP contribution in [0.3, 0.4) is 0 Å². The summed E-state index contributed by atoms with van der Waals surface area (Å²) in [5.41, 5.74) is 0.795. The molecule has 2 unspecified atom stereocenters. The van der Waals surface area contributed by atoms with Gasteiger partial charge in [0.05, 0.1) is 0 Å². The summed E-state index contributed by atoms with van der Waals surface area (Å²) >= 11 is 0. The highest BCUT2D eigenvalue weighted by Gasteiger charge is 2.33. The number of carbonyl (C=O) groups excluding carboxylic acids is 1. The number of hydrogen-bond acceptors (Lipinski definition) is 5. The standard InChI is InChI=1S/C20H20N4O3/c1-14-18(27-17-8-3-2-7-16(17)26-14)20(25)23-11-13-24-12-10-22-19(24)15-6-4-5-9-21-15/h2-10,12,14,18H,11,13H2,1H3,(H,23,25). The molecule has 0 saturated carbocycles. The molecule has 27 heavy (non-hydrogen) atoms. The third kappa shape index (κ3) is 3.62. The number of imidazole rings is 1. The molecular formula is C20H20N4O3. The van der Waals surface area contributed by atoms with E-state index < -0.39 is 6.10 Å². The van der Waals surface area contributed by atoms with Crippen LogP contribution in [0.4, 0.5) is 0 Å². The van der Waals surface area contributed by atoms with Crippen LogP contribution >= 0.6 is 0 Å². The molecule has 1 aliphatic heterocycles. The molecule has 0 fully saturated rings. The number of nitrogens with one attached hydrogen (secondary N) is 1. The monoisotopic (exact) mass is 364 g/mol. The van der Waals surface area contributed by atoms with Crippen LogP contribution in [0, 0.1) is 0 Å². The van der Waals surface area contributed by atoms with Crippen LogP contribution in [0.1, 0.15) is 6.92 Å². The van der Waals surface area contributed by atoms with Gasteiger partial charge in [0.1, 0.15) is 11.8 Å². The lowest BCUT2D eigenvalue weighted by Gasteiger charge is -2.31. The summed E-state index contributed by atoms with van der Waals surface area (Å²) in [6.45, 7) is 2.86. The van der Waals surface area contributed by atoms with Crippen molar-refractivity contribution in [1.29, 1.82) is 0 Å². The first-order valence-electron chi connectivity index (χ1n) is 8.85. The minimum absolute atomic E-state index is 0.198.